The van der Waals surface area contributed by atoms with E-state index in [9.17, 15) is 30.8 Å². The second kappa shape index (κ2) is 10.1. The van der Waals surface area contributed by atoms with Crippen LogP contribution in [0.25, 0.3) is 0 Å². The summed E-state index contributed by atoms with van der Waals surface area (Å²) in [6, 6.07) is 10.9. The third kappa shape index (κ3) is 7.16. The van der Waals surface area contributed by atoms with E-state index in [0.29, 0.717) is 19.4 Å². The highest BCUT2D eigenvalue weighted by Gasteiger charge is 2.44. The number of hydrogen-bond acceptors (Lipinski definition) is 5. The van der Waals surface area contributed by atoms with Crippen LogP contribution in [0.4, 0.5) is 28.0 Å². The van der Waals surface area contributed by atoms with Crippen LogP contribution in [0.3, 0.4) is 0 Å². The van der Waals surface area contributed by atoms with E-state index in [1.54, 1.807) is 23.1 Å². The summed E-state index contributed by atoms with van der Waals surface area (Å²) in [4.78, 5) is 13.7. The number of ether oxygens (including phenoxy) is 1. The van der Waals surface area contributed by atoms with E-state index in [-0.39, 0.29) is 23.0 Å². The molecule has 2 atom stereocenters. The largest absolute Gasteiger partial charge is 0.435 e. The van der Waals surface area contributed by atoms with Crippen LogP contribution in [0.15, 0.2) is 53.4 Å². The Balaban J connectivity index is 1.66. The number of nitrogens with zero attached hydrogens (tertiary/aromatic N) is 1. The number of carbonyl (C=O) groups is 1. The Morgan fingerprint density at radius 1 is 1.21 bits per heavy atom. The van der Waals surface area contributed by atoms with Gasteiger partial charge in [-0.1, -0.05) is 12.1 Å². The third-order valence-corrected chi connectivity index (χ3v) is 6.50. The molecule has 0 aliphatic carbocycles. The first-order chi connectivity index (χ1) is 15.4. The molecule has 1 aliphatic rings. The quantitative estimate of drug-likeness (QED) is 0.602. The molecule has 1 heterocycles. The molecule has 0 radical (unpaired) electrons. The number of benzene rings is 2. The second-order valence-corrected chi connectivity index (χ2v) is 10.0. The topological polar surface area (TPSA) is 75.7 Å². The molecule has 0 spiro atoms. The lowest BCUT2D eigenvalue weighted by Gasteiger charge is -2.35. The number of alkyl halides is 3. The van der Waals surface area contributed by atoms with E-state index in [2.05, 4.69) is 10.1 Å². The maximum absolute atomic E-state index is 13.6. The van der Waals surface area contributed by atoms with Gasteiger partial charge in [0.2, 0.25) is 6.10 Å². The minimum Gasteiger partial charge on any atom is -0.435 e. The summed E-state index contributed by atoms with van der Waals surface area (Å²) in [5.74, 6) is -0.703. The lowest BCUT2D eigenvalue weighted by Crippen LogP contribution is -2.47. The maximum atomic E-state index is 13.6. The average molecular weight is 489 g/mol. The fourth-order valence-corrected chi connectivity index (χ4v) is 4.42. The molecule has 1 amide bonds. The zero-order valence-electron chi connectivity index (χ0n) is 17.8. The van der Waals surface area contributed by atoms with Gasteiger partial charge >= 0.3 is 12.3 Å². The molecule has 11 heteroatoms. The van der Waals surface area contributed by atoms with Crippen LogP contribution in [0, 0.1) is 5.82 Å². The number of hydrogen-bond donors (Lipinski definition) is 1. The van der Waals surface area contributed by atoms with E-state index in [0.717, 1.165) is 24.0 Å². The van der Waals surface area contributed by atoms with Gasteiger partial charge in [-0.05, 0) is 67.3 Å². The van der Waals surface area contributed by atoms with Crippen molar-refractivity contribution in [3.8, 4) is 0 Å². The van der Waals surface area contributed by atoms with Gasteiger partial charge in [0.15, 0.2) is 9.84 Å². The van der Waals surface area contributed by atoms with E-state index in [1.165, 1.54) is 18.2 Å². The fraction of sp³-hybridized carbons (Fsp3) is 0.409. The summed E-state index contributed by atoms with van der Waals surface area (Å²) in [5, 5.41) is 2.16. The van der Waals surface area contributed by atoms with E-state index in [1.807, 2.05) is 0 Å². The van der Waals surface area contributed by atoms with Crippen LogP contribution in [0.1, 0.15) is 24.3 Å². The fourth-order valence-electron chi connectivity index (χ4n) is 3.74. The van der Waals surface area contributed by atoms with Crippen molar-refractivity contribution in [2.45, 2.75) is 35.9 Å². The Morgan fingerprint density at radius 3 is 2.55 bits per heavy atom. The van der Waals surface area contributed by atoms with E-state index < -0.39 is 40.6 Å². The molecule has 0 aromatic heterocycles. The van der Waals surface area contributed by atoms with Crippen molar-refractivity contribution in [2.75, 3.05) is 31.2 Å². The molecule has 2 aromatic rings. The molecular weight excluding hydrogens is 464 g/mol. The molecule has 1 aliphatic heterocycles. The molecular formula is C22H24F4N2O4S. The molecule has 1 saturated heterocycles. The van der Waals surface area contributed by atoms with Crippen molar-refractivity contribution in [2.24, 2.45) is 0 Å². The number of amides is 1. The average Bonchev–Trinajstić information content (AvgIpc) is 2.74. The molecule has 1 N–H and O–H groups in total. The number of carbonyl (C=O) groups excluding carboxylic acids is 1. The summed E-state index contributed by atoms with van der Waals surface area (Å²) in [6.07, 6.45) is -6.03. The van der Waals surface area contributed by atoms with Gasteiger partial charge in [-0.15, -0.1) is 0 Å². The van der Waals surface area contributed by atoms with Crippen molar-refractivity contribution >= 4 is 21.6 Å². The molecule has 2 aromatic carbocycles. The van der Waals surface area contributed by atoms with E-state index in [4.69, 9.17) is 0 Å². The molecule has 3 rings (SSSR count). The minimum absolute atomic E-state index is 0.103. The first-order valence-electron chi connectivity index (χ1n) is 10.2. The van der Waals surface area contributed by atoms with Gasteiger partial charge in [0, 0.05) is 25.0 Å². The number of rotatable bonds is 6. The Bertz CT molecular complexity index is 1070. The molecule has 0 saturated carbocycles. The molecule has 180 valence electrons. The minimum atomic E-state index is -4.79. The number of sulfone groups is 1. The second-order valence-electron chi connectivity index (χ2n) is 8.01. The van der Waals surface area contributed by atoms with Crippen LogP contribution >= 0.6 is 0 Å². The molecule has 2 unspecified atom stereocenters. The number of piperidine rings is 1. The SMILES string of the molecule is CS(=O)(=O)c1cccc(C2CCCN(CC(OC(=O)Nc3ccc(F)cc3)C(F)(F)F)C2)c1. The van der Waals surface area contributed by atoms with Crippen molar-refractivity contribution in [1.29, 1.82) is 0 Å². The highest BCUT2D eigenvalue weighted by atomic mass is 32.2. The van der Waals surface area contributed by atoms with Gasteiger partial charge in [0.1, 0.15) is 5.82 Å². The van der Waals surface area contributed by atoms with Gasteiger partial charge in [-0.25, -0.2) is 17.6 Å². The van der Waals surface area contributed by atoms with Crippen LogP contribution < -0.4 is 5.32 Å². The zero-order chi connectivity index (χ0) is 24.2. The summed E-state index contributed by atoms with van der Waals surface area (Å²) >= 11 is 0. The number of nitrogens with one attached hydrogen (secondary N) is 1. The van der Waals surface area contributed by atoms with Gasteiger partial charge in [0.05, 0.1) is 4.90 Å². The number of anilines is 1. The summed E-state index contributed by atoms with van der Waals surface area (Å²) < 4.78 is 82.0. The monoisotopic (exact) mass is 488 g/mol. The van der Waals surface area contributed by atoms with Crippen molar-refractivity contribution in [3.05, 3.63) is 59.9 Å². The van der Waals surface area contributed by atoms with Crippen LogP contribution in [0.5, 0.6) is 0 Å². The van der Waals surface area contributed by atoms with Crippen LogP contribution in [-0.2, 0) is 14.6 Å². The van der Waals surface area contributed by atoms with Gasteiger partial charge < -0.3 is 4.74 Å². The first kappa shape index (κ1) is 25.0. The summed E-state index contributed by atoms with van der Waals surface area (Å²) in [5.41, 5.74) is 0.840. The van der Waals surface area contributed by atoms with Crippen molar-refractivity contribution in [1.82, 2.24) is 4.90 Å². The molecule has 1 fully saturated rings. The Kier molecular flexibility index (Phi) is 7.63. The maximum Gasteiger partial charge on any atom is 0.426 e. The van der Waals surface area contributed by atoms with Gasteiger partial charge in [0.25, 0.3) is 0 Å². The number of likely N-dealkylation sites (tertiary alicyclic amines) is 1. The highest BCUT2D eigenvalue weighted by Crippen LogP contribution is 2.31. The Hall–Kier alpha value is -2.66. The predicted octanol–water partition coefficient (Wildman–Crippen LogP) is 4.59. The molecule has 0 bridgehead atoms. The predicted molar refractivity (Wildman–Crippen MR) is 114 cm³/mol. The van der Waals surface area contributed by atoms with Gasteiger partial charge in [-0.3, -0.25) is 10.2 Å². The van der Waals surface area contributed by atoms with Crippen molar-refractivity contribution in [3.63, 3.8) is 0 Å². The van der Waals surface area contributed by atoms with Crippen molar-refractivity contribution < 1.29 is 35.5 Å². The smallest absolute Gasteiger partial charge is 0.426 e. The first-order valence-corrected chi connectivity index (χ1v) is 12.1. The lowest BCUT2D eigenvalue weighted by atomic mass is 9.90. The van der Waals surface area contributed by atoms with Crippen LogP contribution in [0.2, 0.25) is 0 Å². The Labute approximate surface area is 189 Å². The standard InChI is InChI=1S/C22H24F4N2O4S/c1-33(30,31)19-6-2-4-15(12-19)16-5-3-11-28(13-16)14-20(22(24,25)26)32-21(29)27-18-9-7-17(23)8-10-18/h2,4,6-10,12,16,20H,3,5,11,13-14H2,1H3,(H,27,29). The molecule has 6 nitrogen and oxygen atoms in total. The van der Waals surface area contributed by atoms with Gasteiger partial charge in [-0.2, -0.15) is 13.2 Å². The lowest BCUT2D eigenvalue weighted by molar-refractivity contribution is -0.207. The van der Waals surface area contributed by atoms with E-state index >= 15 is 0 Å². The highest BCUT2D eigenvalue weighted by molar-refractivity contribution is 7.90. The third-order valence-electron chi connectivity index (χ3n) is 5.39. The number of halogens is 4. The van der Waals surface area contributed by atoms with Crippen LogP contribution in [-0.4, -0.2) is 57.6 Å². The normalized spacial score (nSPS) is 18.5. The Morgan fingerprint density at radius 2 is 1.91 bits per heavy atom. The summed E-state index contributed by atoms with van der Waals surface area (Å²) in [6.45, 7) is 0.100. The molecule has 33 heavy (non-hydrogen) atoms. The zero-order valence-corrected chi connectivity index (χ0v) is 18.6. The summed E-state index contributed by atoms with van der Waals surface area (Å²) in [7, 11) is -3.41.